The highest BCUT2D eigenvalue weighted by Crippen LogP contribution is 2.22. The van der Waals surface area contributed by atoms with Gasteiger partial charge >= 0.3 is 0 Å². The lowest BCUT2D eigenvalue weighted by Crippen LogP contribution is -2.00. The predicted molar refractivity (Wildman–Crippen MR) is 86.9 cm³/mol. The molecule has 0 saturated heterocycles. The van der Waals surface area contributed by atoms with Crippen LogP contribution in [-0.2, 0) is 6.54 Å². The second-order valence-electron chi connectivity index (χ2n) is 4.93. The van der Waals surface area contributed by atoms with Crippen LogP contribution in [0.3, 0.4) is 0 Å². The molecule has 0 aliphatic heterocycles. The second-order valence-corrected chi connectivity index (χ2v) is 6.39. The molecule has 0 atom stereocenters. The molecule has 3 aromatic rings. The fourth-order valence-electron chi connectivity index (χ4n) is 2.34. The van der Waals surface area contributed by atoms with Crippen molar-refractivity contribution in [3.8, 4) is 5.69 Å². The maximum atomic E-state index is 3.51. The van der Waals surface area contributed by atoms with Gasteiger partial charge in [-0.15, -0.1) is 11.3 Å². The molecule has 2 nitrogen and oxygen atoms in total. The molecule has 0 spiro atoms. The van der Waals surface area contributed by atoms with Gasteiger partial charge in [0.05, 0.1) is 0 Å². The third-order valence-electron chi connectivity index (χ3n) is 3.38. The van der Waals surface area contributed by atoms with E-state index in [4.69, 9.17) is 0 Å². The first-order chi connectivity index (χ1) is 9.72. The smallest absolute Gasteiger partial charge is 0.0469 e. The first-order valence-corrected chi connectivity index (χ1v) is 7.57. The number of aryl methyl sites for hydroxylation is 2. The summed E-state index contributed by atoms with van der Waals surface area (Å²) in [5.74, 6) is 0. The fourth-order valence-corrected chi connectivity index (χ4v) is 3.29. The molecule has 0 saturated carbocycles. The average molecular weight is 282 g/mol. The molecule has 3 heteroatoms. The van der Waals surface area contributed by atoms with Crippen LogP contribution in [0.1, 0.15) is 15.3 Å². The van der Waals surface area contributed by atoms with Crippen LogP contribution in [0.25, 0.3) is 5.69 Å². The van der Waals surface area contributed by atoms with Gasteiger partial charge in [-0.25, -0.2) is 0 Å². The third kappa shape index (κ3) is 2.78. The van der Waals surface area contributed by atoms with Gasteiger partial charge in [0.2, 0.25) is 0 Å². The van der Waals surface area contributed by atoms with E-state index in [0.29, 0.717) is 0 Å². The number of nitrogens with one attached hydrogen (secondary N) is 1. The van der Waals surface area contributed by atoms with E-state index in [1.165, 1.54) is 21.0 Å². The van der Waals surface area contributed by atoms with Crippen molar-refractivity contribution < 1.29 is 0 Å². The number of hydrogen-bond donors (Lipinski definition) is 1. The number of benzene rings is 1. The van der Waals surface area contributed by atoms with E-state index in [-0.39, 0.29) is 0 Å². The predicted octanol–water partition coefficient (Wildman–Crippen LogP) is 4.77. The van der Waals surface area contributed by atoms with Crippen molar-refractivity contribution in [1.29, 1.82) is 0 Å². The first kappa shape index (κ1) is 13.0. The summed E-state index contributed by atoms with van der Waals surface area (Å²) in [5.41, 5.74) is 3.72. The number of thiophene rings is 1. The lowest BCUT2D eigenvalue weighted by atomic mass is 10.2. The van der Waals surface area contributed by atoms with E-state index < -0.39 is 0 Å². The van der Waals surface area contributed by atoms with Gasteiger partial charge in [0.1, 0.15) is 0 Å². The van der Waals surface area contributed by atoms with Crippen LogP contribution in [0.5, 0.6) is 0 Å². The molecule has 20 heavy (non-hydrogen) atoms. The zero-order chi connectivity index (χ0) is 13.9. The molecule has 0 aliphatic rings. The number of aromatic nitrogens is 1. The summed E-state index contributed by atoms with van der Waals surface area (Å²) in [6, 6.07) is 14.8. The normalized spacial score (nSPS) is 10.7. The van der Waals surface area contributed by atoms with E-state index >= 15 is 0 Å². The van der Waals surface area contributed by atoms with Crippen molar-refractivity contribution in [2.75, 3.05) is 5.32 Å². The molecular formula is C17H18N2S. The highest BCUT2D eigenvalue weighted by Gasteiger charge is 2.03. The molecular weight excluding hydrogens is 264 g/mol. The average Bonchev–Trinajstić information content (AvgIpc) is 3.07. The summed E-state index contributed by atoms with van der Waals surface area (Å²) in [4.78, 5) is 2.77. The molecule has 0 bridgehead atoms. The van der Waals surface area contributed by atoms with Gasteiger partial charge in [-0.05, 0) is 55.8 Å². The van der Waals surface area contributed by atoms with E-state index in [9.17, 15) is 0 Å². The van der Waals surface area contributed by atoms with Crippen molar-refractivity contribution in [1.82, 2.24) is 4.57 Å². The zero-order valence-corrected chi connectivity index (χ0v) is 12.6. The highest BCUT2D eigenvalue weighted by molar-refractivity contribution is 7.12. The van der Waals surface area contributed by atoms with Crippen LogP contribution >= 0.6 is 11.3 Å². The van der Waals surface area contributed by atoms with E-state index in [1.807, 2.05) is 23.5 Å². The van der Waals surface area contributed by atoms with Crippen LogP contribution in [0.2, 0.25) is 0 Å². The number of nitrogens with zero attached hydrogens (tertiary/aromatic N) is 1. The Hall–Kier alpha value is -2.00. The van der Waals surface area contributed by atoms with Crippen LogP contribution in [-0.4, -0.2) is 4.57 Å². The van der Waals surface area contributed by atoms with Gasteiger partial charge in [-0.2, -0.15) is 0 Å². The van der Waals surface area contributed by atoms with E-state index in [1.54, 1.807) is 0 Å². The maximum Gasteiger partial charge on any atom is 0.0469 e. The lowest BCUT2D eigenvalue weighted by Gasteiger charge is -2.09. The van der Waals surface area contributed by atoms with Crippen molar-refractivity contribution in [2.45, 2.75) is 20.4 Å². The highest BCUT2D eigenvalue weighted by atomic mass is 32.1. The van der Waals surface area contributed by atoms with Gasteiger partial charge in [0, 0.05) is 40.1 Å². The Labute approximate surface area is 123 Å². The Morgan fingerprint density at radius 3 is 2.55 bits per heavy atom. The second kappa shape index (κ2) is 5.55. The first-order valence-electron chi connectivity index (χ1n) is 6.75. The summed E-state index contributed by atoms with van der Waals surface area (Å²) in [6.45, 7) is 5.23. The lowest BCUT2D eigenvalue weighted by molar-refractivity contribution is 1.07. The largest absolute Gasteiger partial charge is 0.381 e. The zero-order valence-electron chi connectivity index (χ0n) is 11.8. The minimum atomic E-state index is 0.880. The molecule has 3 rings (SSSR count). The molecule has 0 fully saturated rings. The summed E-state index contributed by atoms with van der Waals surface area (Å²) < 4.78 is 2.12. The van der Waals surface area contributed by atoms with Crippen LogP contribution in [0, 0.1) is 13.8 Å². The molecule has 2 aromatic heterocycles. The van der Waals surface area contributed by atoms with Gasteiger partial charge < -0.3 is 9.88 Å². The summed E-state index contributed by atoms with van der Waals surface area (Å²) in [5, 5.41) is 3.51. The minimum absolute atomic E-state index is 0.880. The molecule has 2 heterocycles. The maximum absolute atomic E-state index is 3.51. The summed E-state index contributed by atoms with van der Waals surface area (Å²) in [6.07, 6.45) is 4.12. The molecule has 0 unspecified atom stereocenters. The quantitative estimate of drug-likeness (QED) is 0.729. The SMILES string of the molecule is Cc1cc(CNc2cccc(-n3cccc3)c2)c(C)s1. The van der Waals surface area contributed by atoms with Gasteiger partial charge in [-0.1, -0.05) is 6.07 Å². The molecule has 0 amide bonds. The van der Waals surface area contributed by atoms with Crippen molar-refractivity contribution in [3.05, 3.63) is 70.2 Å². The Bertz CT molecular complexity index is 696. The molecule has 0 radical (unpaired) electrons. The minimum Gasteiger partial charge on any atom is -0.381 e. The summed E-state index contributed by atoms with van der Waals surface area (Å²) in [7, 11) is 0. The van der Waals surface area contributed by atoms with Crippen LogP contribution < -0.4 is 5.32 Å². The Balaban J connectivity index is 1.75. The van der Waals surface area contributed by atoms with Gasteiger partial charge in [0.25, 0.3) is 0 Å². The number of rotatable bonds is 4. The molecule has 0 aliphatic carbocycles. The number of hydrogen-bond acceptors (Lipinski definition) is 2. The Morgan fingerprint density at radius 2 is 1.85 bits per heavy atom. The van der Waals surface area contributed by atoms with Crippen molar-refractivity contribution >= 4 is 17.0 Å². The fraction of sp³-hybridized carbons (Fsp3) is 0.176. The van der Waals surface area contributed by atoms with E-state index in [2.05, 4.69) is 66.5 Å². The standard InChI is InChI=1S/C17H18N2S/c1-13-10-15(14(2)20-13)12-18-16-6-5-7-17(11-16)19-8-3-4-9-19/h3-11,18H,12H2,1-2H3. The monoisotopic (exact) mass is 282 g/mol. The molecule has 1 N–H and O–H groups in total. The summed E-state index contributed by atoms with van der Waals surface area (Å²) >= 11 is 1.86. The Morgan fingerprint density at radius 1 is 1.05 bits per heavy atom. The van der Waals surface area contributed by atoms with Gasteiger partial charge in [0.15, 0.2) is 0 Å². The van der Waals surface area contributed by atoms with Crippen molar-refractivity contribution in [3.63, 3.8) is 0 Å². The van der Waals surface area contributed by atoms with Crippen molar-refractivity contribution in [2.24, 2.45) is 0 Å². The van der Waals surface area contributed by atoms with E-state index in [0.717, 1.165) is 12.2 Å². The molecule has 1 aromatic carbocycles. The van der Waals surface area contributed by atoms with Gasteiger partial charge in [-0.3, -0.25) is 0 Å². The third-order valence-corrected chi connectivity index (χ3v) is 4.38. The molecule has 102 valence electrons. The topological polar surface area (TPSA) is 17.0 Å². The Kier molecular flexibility index (Phi) is 3.61. The van der Waals surface area contributed by atoms with Crippen LogP contribution in [0.15, 0.2) is 54.9 Å². The van der Waals surface area contributed by atoms with Crippen LogP contribution in [0.4, 0.5) is 5.69 Å². The number of anilines is 1.